The van der Waals surface area contributed by atoms with E-state index in [1.807, 2.05) is 0 Å². The second kappa shape index (κ2) is 11.5. The van der Waals surface area contributed by atoms with E-state index >= 15 is 0 Å². The molecule has 196 valence electrons. The number of halogens is 1. The number of ether oxygens (including phenoxy) is 1. The lowest BCUT2D eigenvalue weighted by Gasteiger charge is -2.34. The molecule has 0 aliphatic carbocycles. The lowest BCUT2D eigenvalue weighted by Crippen LogP contribution is -2.50. The number of urea groups is 1. The molecule has 2 fully saturated rings. The summed E-state index contributed by atoms with van der Waals surface area (Å²) >= 11 is 6.44. The molecule has 0 aromatic heterocycles. The first-order chi connectivity index (χ1) is 17.7. The highest BCUT2D eigenvalue weighted by molar-refractivity contribution is 7.89. The van der Waals surface area contributed by atoms with Crippen molar-refractivity contribution in [3.8, 4) is 6.07 Å². The summed E-state index contributed by atoms with van der Waals surface area (Å²) in [5.41, 5.74) is 1.91. The molecular formula is C25H28ClN5O5S. The molecule has 0 radical (unpaired) electrons. The van der Waals surface area contributed by atoms with E-state index in [9.17, 15) is 18.0 Å². The monoisotopic (exact) mass is 545 g/mol. The number of hydrogen-bond donors (Lipinski definition) is 1. The van der Waals surface area contributed by atoms with Gasteiger partial charge in [0.2, 0.25) is 15.9 Å². The van der Waals surface area contributed by atoms with E-state index in [2.05, 4.69) is 11.4 Å². The first kappa shape index (κ1) is 26.9. The van der Waals surface area contributed by atoms with Gasteiger partial charge in [-0.25, -0.2) is 13.2 Å². The average molecular weight is 546 g/mol. The Kier molecular flexibility index (Phi) is 8.34. The average Bonchev–Trinajstić information content (AvgIpc) is 2.92. The van der Waals surface area contributed by atoms with E-state index in [4.69, 9.17) is 21.6 Å². The van der Waals surface area contributed by atoms with Gasteiger partial charge in [0.1, 0.15) is 6.10 Å². The topological polar surface area (TPSA) is 123 Å². The number of carbonyl (C=O) groups excluding carboxylic acids is 2. The molecule has 2 saturated heterocycles. The summed E-state index contributed by atoms with van der Waals surface area (Å²) in [6.45, 7) is 3.75. The van der Waals surface area contributed by atoms with Crippen LogP contribution >= 0.6 is 11.6 Å². The molecule has 2 aliphatic heterocycles. The normalized spacial score (nSPS) is 18.8. The van der Waals surface area contributed by atoms with Crippen molar-refractivity contribution in [1.82, 2.24) is 19.4 Å². The molecule has 4 rings (SSSR count). The van der Waals surface area contributed by atoms with Crippen LogP contribution in [0, 0.1) is 11.3 Å². The molecule has 12 heteroatoms. The van der Waals surface area contributed by atoms with Crippen molar-refractivity contribution in [2.45, 2.75) is 24.5 Å². The van der Waals surface area contributed by atoms with Crippen molar-refractivity contribution < 1.29 is 22.7 Å². The van der Waals surface area contributed by atoms with Crippen molar-refractivity contribution in [2.75, 3.05) is 45.9 Å². The van der Waals surface area contributed by atoms with E-state index < -0.39 is 16.1 Å². The molecule has 1 N–H and O–H groups in total. The Balaban J connectivity index is 1.43. The number of amides is 3. The lowest BCUT2D eigenvalue weighted by atomic mass is 10.1. The summed E-state index contributed by atoms with van der Waals surface area (Å²) in [6.07, 6.45) is -0.591. The summed E-state index contributed by atoms with van der Waals surface area (Å²) in [7, 11) is -3.80. The molecule has 1 atom stereocenters. The van der Waals surface area contributed by atoms with Gasteiger partial charge in [-0.1, -0.05) is 23.7 Å². The summed E-state index contributed by atoms with van der Waals surface area (Å²) < 4.78 is 33.8. The molecule has 2 heterocycles. The first-order valence-electron chi connectivity index (χ1n) is 11.9. The standard InChI is InChI=1S/C25H28ClN5O5S/c1-18(32)29-8-10-31(11-9-29)37(34,35)21-6-7-23(26)22(14-21)24-17-30(12-13-36-24)25(33)28-16-20-4-2-19(15-27)3-5-20/h2-7,14,24H,8-13,16-17H2,1H3,(H,28,33)/t24-/m1/s1. The van der Waals surface area contributed by atoms with Crippen molar-refractivity contribution in [2.24, 2.45) is 0 Å². The molecule has 2 aromatic carbocycles. The number of benzene rings is 2. The van der Waals surface area contributed by atoms with E-state index in [1.54, 1.807) is 34.1 Å². The fraction of sp³-hybridized carbons (Fsp3) is 0.400. The van der Waals surface area contributed by atoms with Crippen molar-refractivity contribution in [1.29, 1.82) is 5.26 Å². The van der Waals surface area contributed by atoms with Gasteiger partial charge in [-0.05, 0) is 35.9 Å². The van der Waals surface area contributed by atoms with E-state index in [-0.39, 0.29) is 43.1 Å². The molecule has 37 heavy (non-hydrogen) atoms. The second-order valence-electron chi connectivity index (χ2n) is 8.87. The van der Waals surface area contributed by atoms with E-state index in [0.717, 1.165) is 5.56 Å². The molecular weight excluding hydrogens is 518 g/mol. The highest BCUT2D eigenvalue weighted by Crippen LogP contribution is 2.32. The number of carbonyl (C=O) groups is 2. The Morgan fingerprint density at radius 2 is 1.78 bits per heavy atom. The molecule has 0 saturated carbocycles. The van der Waals surface area contributed by atoms with Gasteiger partial charge >= 0.3 is 6.03 Å². The summed E-state index contributed by atoms with van der Waals surface area (Å²) in [6, 6.07) is 13.2. The quantitative estimate of drug-likeness (QED) is 0.615. The number of sulfonamides is 1. The zero-order chi connectivity index (χ0) is 26.6. The predicted molar refractivity (Wildman–Crippen MR) is 136 cm³/mol. The van der Waals surface area contributed by atoms with Crippen LogP contribution in [0.15, 0.2) is 47.4 Å². The van der Waals surface area contributed by atoms with Crippen LogP contribution in [0.4, 0.5) is 4.79 Å². The zero-order valence-electron chi connectivity index (χ0n) is 20.4. The predicted octanol–water partition coefficient (Wildman–Crippen LogP) is 2.35. The Morgan fingerprint density at radius 1 is 1.08 bits per heavy atom. The van der Waals surface area contributed by atoms with Crippen LogP contribution < -0.4 is 5.32 Å². The molecule has 10 nitrogen and oxygen atoms in total. The van der Waals surface area contributed by atoms with Gasteiger partial charge in [-0.3, -0.25) is 4.79 Å². The number of piperazine rings is 1. The molecule has 0 spiro atoms. The highest BCUT2D eigenvalue weighted by Gasteiger charge is 2.32. The third-order valence-corrected chi connectivity index (χ3v) is 8.76. The largest absolute Gasteiger partial charge is 0.370 e. The zero-order valence-corrected chi connectivity index (χ0v) is 22.0. The highest BCUT2D eigenvalue weighted by atomic mass is 35.5. The van der Waals surface area contributed by atoms with Crippen LogP contribution in [-0.2, 0) is 26.1 Å². The van der Waals surface area contributed by atoms with E-state index in [0.29, 0.717) is 42.3 Å². The summed E-state index contributed by atoms with van der Waals surface area (Å²) in [4.78, 5) is 27.7. The van der Waals surface area contributed by atoms with Crippen LogP contribution in [0.3, 0.4) is 0 Å². The Labute approximate surface area is 221 Å². The molecule has 2 aliphatic rings. The molecule has 0 unspecified atom stereocenters. The maximum absolute atomic E-state index is 13.3. The minimum atomic E-state index is -3.80. The van der Waals surface area contributed by atoms with Gasteiger partial charge in [0, 0.05) is 56.8 Å². The minimum absolute atomic E-state index is 0.0780. The van der Waals surface area contributed by atoms with Crippen molar-refractivity contribution >= 4 is 33.6 Å². The summed E-state index contributed by atoms with van der Waals surface area (Å²) in [5.74, 6) is -0.0780. The van der Waals surface area contributed by atoms with Crippen LogP contribution in [0.5, 0.6) is 0 Å². The Hall–Kier alpha value is -3.17. The van der Waals surface area contributed by atoms with Crippen molar-refractivity contribution in [3.63, 3.8) is 0 Å². The smallest absolute Gasteiger partial charge is 0.317 e. The molecule has 0 bridgehead atoms. The second-order valence-corrected chi connectivity index (χ2v) is 11.2. The van der Waals surface area contributed by atoms with E-state index in [1.165, 1.54) is 29.4 Å². The van der Waals surface area contributed by atoms with Gasteiger partial charge in [-0.15, -0.1) is 0 Å². The molecule has 3 amide bonds. The third kappa shape index (κ3) is 6.22. The Bertz CT molecular complexity index is 1300. The van der Waals surface area contributed by atoms with Gasteiger partial charge in [0.05, 0.1) is 29.7 Å². The van der Waals surface area contributed by atoms with Crippen LogP contribution in [0.25, 0.3) is 0 Å². The van der Waals surface area contributed by atoms with Gasteiger partial charge in [0.15, 0.2) is 0 Å². The summed E-state index contributed by atoms with van der Waals surface area (Å²) in [5, 5.41) is 12.1. The SMILES string of the molecule is CC(=O)N1CCN(S(=O)(=O)c2ccc(Cl)c([C@H]3CN(C(=O)NCc4ccc(C#N)cc4)CCO3)c2)CC1. The number of morpholine rings is 1. The fourth-order valence-electron chi connectivity index (χ4n) is 4.33. The number of nitrogens with one attached hydrogen (secondary N) is 1. The maximum Gasteiger partial charge on any atom is 0.317 e. The Morgan fingerprint density at radius 3 is 2.43 bits per heavy atom. The third-order valence-electron chi connectivity index (χ3n) is 6.52. The number of hydrogen-bond acceptors (Lipinski definition) is 6. The van der Waals surface area contributed by atoms with Crippen LogP contribution in [0.1, 0.15) is 29.7 Å². The number of nitrogens with zero attached hydrogens (tertiary/aromatic N) is 4. The first-order valence-corrected chi connectivity index (χ1v) is 13.7. The van der Waals surface area contributed by atoms with Crippen molar-refractivity contribution in [3.05, 3.63) is 64.2 Å². The van der Waals surface area contributed by atoms with Gasteiger partial charge in [0.25, 0.3) is 0 Å². The maximum atomic E-state index is 13.3. The minimum Gasteiger partial charge on any atom is -0.370 e. The lowest BCUT2D eigenvalue weighted by molar-refractivity contribution is -0.129. The van der Waals surface area contributed by atoms with Crippen LogP contribution in [0.2, 0.25) is 5.02 Å². The van der Waals surface area contributed by atoms with Crippen LogP contribution in [-0.4, -0.2) is 80.3 Å². The number of nitriles is 1. The molecule has 2 aromatic rings. The number of rotatable bonds is 5. The fourth-order valence-corrected chi connectivity index (χ4v) is 6.03. The van der Waals surface area contributed by atoms with Gasteiger partial charge < -0.3 is 19.9 Å². The van der Waals surface area contributed by atoms with Gasteiger partial charge in [-0.2, -0.15) is 9.57 Å².